The maximum absolute atomic E-state index is 12.5. The number of hydrogen-bond donors (Lipinski definition) is 3. The molecule has 3 rings (SSSR count). The highest BCUT2D eigenvalue weighted by Crippen LogP contribution is 2.36. The molecule has 3 aromatic rings. The maximum atomic E-state index is 12.5. The van der Waals surface area contributed by atoms with Gasteiger partial charge in [-0.1, -0.05) is 24.8 Å². The molecule has 174 valence electrons. The number of furan rings is 1. The van der Waals surface area contributed by atoms with Crippen molar-refractivity contribution in [1.82, 2.24) is 9.46 Å². The molecule has 0 spiro atoms. The predicted octanol–water partition coefficient (Wildman–Crippen LogP) is 3.03. The Morgan fingerprint density at radius 2 is 1.94 bits per heavy atom. The SMILES string of the molecule is Cc1cc([C@H](Nc2no[n+]([O-])c2Nc2cccc(S(=O)(=O)N(C)C)c2O)C(C)C)oc1C. The lowest BCUT2D eigenvalue weighted by Gasteiger charge is -2.19. The molecule has 1 aromatic carbocycles. The summed E-state index contributed by atoms with van der Waals surface area (Å²) in [5, 5.41) is 32.4. The molecule has 32 heavy (non-hydrogen) atoms. The molecule has 12 heteroatoms. The molecule has 0 aliphatic heterocycles. The summed E-state index contributed by atoms with van der Waals surface area (Å²) in [6.45, 7) is 7.75. The predicted molar refractivity (Wildman–Crippen MR) is 117 cm³/mol. The highest BCUT2D eigenvalue weighted by molar-refractivity contribution is 7.89. The molecule has 0 aliphatic carbocycles. The fourth-order valence-electron chi connectivity index (χ4n) is 3.07. The van der Waals surface area contributed by atoms with E-state index in [1.54, 1.807) is 0 Å². The number of anilines is 3. The smallest absolute Gasteiger partial charge is 0.324 e. The van der Waals surface area contributed by atoms with Crippen LogP contribution >= 0.6 is 0 Å². The Balaban J connectivity index is 1.96. The average Bonchev–Trinajstić information content (AvgIpc) is 3.22. The number of aromatic hydroxyl groups is 1. The number of rotatable bonds is 8. The van der Waals surface area contributed by atoms with E-state index in [4.69, 9.17) is 9.05 Å². The van der Waals surface area contributed by atoms with Crippen molar-refractivity contribution in [2.45, 2.75) is 38.6 Å². The second-order valence-electron chi connectivity index (χ2n) is 7.95. The summed E-state index contributed by atoms with van der Waals surface area (Å²) < 4.78 is 36.5. The van der Waals surface area contributed by atoms with Crippen molar-refractivity contribution in [2.75, 3.05) is 24.7 Å². The highest BCUT2D eigenvalue weighted by atomic mass is 32.2. The molecule has 0 fully saturated rings. The van der Waals surface area contributed by atoms with Crippen molar-refractivity contribution in [3.8, 4) is 5.75 Å². The normalized spacial score (nSPS) is 13.0. The zero-order valence-corrected chi connectivity index (χ0v) is 19.5. The van der Waals surface area contributed by atoms with Gasteiger partial charge in [-0.2, -0.15) is 0 Å². The molecule has 0 bridgehead atoms. The lowest BCUT2D eigenvalue weighted by Crippen LogP contribution is -2.27. The van der Waals surface area contributed by atoms with E-state index >= 15 is 0 Å². The van der Waals surface area contributed by atoms with E-state index in [-0.39, 0.29) is 39.1 Å². The summed E-state index contributed by atoms with van der Waals surface area (Å²) in [4.78, 5) is -0.178. The first-order valence-electron chi connectivity index (χ1n) is 9.88. The van der Waals surface area contributed by atoms with Crippen molar-refractivity contribution < 1.29 is 27.5 Å². The summed E-state index contributed by atoms with van der Waals surface area (Å²) in [5.41, 5.74) is 0.989. The highest BCUT2D eigenvalue weighted by Gasteiger charge is 2.29. The van der Waals surface area contributed by atoms with E-state index in [0.717, 1.165) is 15.6 Å². The molecular formula is C20H27N5O6S. The number of hydrogen-bond acceptors (Lipinski definition) is 9. The van der Waals surface area contributed by atoms with Crippen molar-refractivity contribution in [3.05, 3.63) is 46.6 Å². The first-order valence-corrected chi connectivity index (χ1v) is 11.3. The van der Waals surface area contributed by atoms with Gasteiger partial charge in [0.2, 0.25) is 10.0 Å². The topological polar surface area (TPSA) is 148 Å². The van der Waals surface area contributed by atoms with Crippen molar-refractivity contribution in [3.63, 3.8) is 0 Å². The number of phenols is 1. The van der Waals surface area contributed by atoms with E-state index < -0.39 is 15.8 Å². The Labute approximate surface area is 186 Å². The number of sulfonamides is 1. The first kappa shape index (κ1) is 23.4. The van der Waals surface area contributed by atoms with Gasteiger partial charge in [0.1, 0.15) is 22.1 Å². The first-order chi connectivity index (χ1) is 14.9. The van der Waals surface area contributed by atoms with Gasteiger partial charge in [-0.25, -0.2) is 12.7 Å². The quantitative estimate of drug-likeness (QED) is 0.337. The number of benzene rings is 1. The van der Waals surface area contributed by atoms with Gasteiger partial charge in [-0.05, 0) is 48.7 Å². The van der Waals surface area contributed by atoms with Crippen LogP contribution < -0.4 is 15.5 Å². The van der Waals surface area contributed by atoms with Gasteiger partial charge < -0.3 is 24.7 Å². The van der Waals surface area contributed by atoms with Crippen LogP contribution in [0, 0.1) is 25.0 Å². The third-order valence-electron chi connectivity index (χ3n) is 5.07. The third kappa shape index (κ3) is 4.36. The van der Waals surface area contributed by atoms with Crippen LogP contribution in [0.2, 0.25) is 0 Å². The molecule has 3 N–H and O–H groups in total. The monoisotopic (exact) mass is 465 g/mol. The van der Waals surface area contributed by atoms with Crippen LogP contribution in [0.15, 0.2) is 38.2 Å². The summed E-state index contributed by atoms with van der Waals surface area (Å²) >= 11 is 0. The lowest BCUT2D eigenvalue weighted by atomic mass is 10.0. The fraction of sp³-hybridized carbons (Fsp3) is 0.400. The van der Waals surface area contributed by atoms with Crippen LogP contribution in [0.4, 0.5) is 17.3 Å². The Kier molecular flexibility index (Phi) is 6.37. The summed E-state index contributed by atoms with van der Waals surface area (Å²) in [6, 6.07) is 5.72. The van der Waals surface area contributed by atoms with E-state index in [1.807, 2.05) is 33.8 Å². The van der Waals surface area contributed by atoms with E-state index in [0.29, 0.717) is 5.76 Å². The fourth-order valence-corrected chi connectivity index (χ4v) is 4.07. The minimum atomic E-state index is -3.91. The molecule has 0 saturated heterocycles. The van der Waals surface area contributed by atoms with Crippen LogP contribution in [0.25, 0.3) is 0 Å². The second-order valence-corrected chi connectivity index (χ2v) is 10.1. The summed E-state index contributed by atoms with van der Waals surface area (Å²) in [6.07, 6.45) is 0. The van der Waals surface area contributed by atoms with Crippen molar-refractivity contribution in [2.24, 2.45) is 5.92 Å². The molecule has 1 atom stereocenters. The molecule has 2 aromatic heterocycles. The van der Waals surface area contributed by atoms with Crippen LogP contribution in [0.3, 0.4) is 0 Å². The number of aryl methyl sites for hydroxylation is 2. The minimum Gasteiger partial charge on any atom is -0.503 e. The molecule has 11 nitrogen and oxygen atoms in total. The zero-order chi connectivity index (χ0) is 23.8. The Morgan fingerprint density at radius 1 is 1.25 bits per heavy atom. The van der Waals surface area contributed by atoms with Gasteiger partial charge >= 0.3 is 5.82 Å². The molecule has 0 saturated carbocycles. The van der Waals surface area contributed by atoms with Gasteiger partial charge in [0, 0.05) is 14.1 Å². The maximum Gasteiger partial charge on any atom is 0.324 e. The van der Waals surface area contributed by atoms with E-state index in [2.05, 4.69) is 15.8 Å². The summed E-state index contributed by atoms with van der Waals surface area (Å²) in [7, 11) is -1.20. The largest absolute Gasteiger partial charge is 0.503 e. The van der Waals surface area contributed by atoms with Gasteiger partial charge in [-0.3, -0.25) is 5.32 Å². The number of nitrogens with zero attached hydrogens (tertiary/aromatic N) is 3. The van der Waals surface area contributed by atoms with Crippen LogP contribution in [-0.4, -0.2) is 37.1 Å². The minimum absolute atomic E-state index is 0.00504. The molecule has 0 radical (unpaired) electrons. The van der Waals surface area contributed by atoms with Gasteiger partial charge in [0.25, 0.3) is 5.82 Å². The average molecular weight is 466 g/mol. The van der Waals surface area contributed by atoms with Crippen molar-refractivity contribution >= 4 is 27.3 Å². The molecular weight excluding hydrogens is 438 g/mol. The molecule has 2 heterocycles. The van der Waals surface area contributed by atoms with Crippen LogP contribution in [0.1, 0.15) is 37.0 Å². The number of phenolic OH excluding ortho intramolecular Hbond substituents is 1. The number of nitrogens with one attached hydrogen (secondary N) is 2. The Bertz CT molecular complexity index is 1200. The Morgan fingerprint density at radius 3 is 2.50 bits per heavy atom. The van der Waals surface area contributed by atoms with Gasteiger partial charge in [0.15, 0.2) is 5.75 Å². The number of para-hydroxylation sites is 1. The van der Waals surface area contributed by atoms with Crippen molar-refractivity contribution in [1.29, 1.82) is 0 Å². The van der Waals surface area contributed by atoms with Crippen LogP contribution in [-0.2, 0) is 10.0 Å². The standard InChI is InChI=1S/C20H27N5O6S/c1-11(2)17(15-10-12(3)13(4)30-15)22-19-20(25(27)31-23-19)21-14-8-7-9-16(18(14)26)32(28,29)24(5)6/h7-11,17,21,26H,1-6H3,(H,22,23)/t17-/m1/s1. The van der Waals surface area contributed by atoms with Gasteiger partial charge in [-0.15, -0.1) is 0 Å². The summed E-state index contributed by atoms with van der Waals surface area (Å²) in [5.74, 6) is 0.908. The number of aromatic nitrogens is 2. The van der Waals surface area contributed by atoms with E-state index in [9.17, 15) is 18.7 Å². The van der Waals surface area contributed by atoms with E-state index in [1.165, 1.54) is 32.3 Å². The van der Waals surface area contributed by atoms with Crippen LogP contribution in [0.5, 0.6) is 5.75 Å². The van der Waals surface area contributed by atoms with Gasteiger partial charge in [0.05, 0.1) is 6.04 Å². The lowest BCUT2D eigenvalue weighted by molar-refractivity contribution is -0.790. The second kappa shape index (κ2) is 8.71. The molecule has 0 unspecified atom stereocenters. The molecule has 0 amide bonds. The zero-order valence-electron chi connectivity index (χ0n) is 18.7. The Hall–Kier alpha value is -3.25. The molecule has 0 aliphatic rings. The third-order valence-corrected chi connectivity index (χ3v) is 6.92.